The third kappa shape index (κ3) is 3.31. The van der Waals surface area contributed by atoms with Gasteiger partial charge in [-0.25, -0.2) is 4.98 Å². The first-order chi connectivity index (χ1) is 15.0. The highest BCUT2D eigenvalue weighted by molar-refractivity contribution is 6.00. The summed E-state index contributed by atoms with van der Waals surface area (Å²) in [5.74, 6) is 0.433. The van der Waals surface area contributed by atoms with E-state index in [0.717, 1.165) is 29.7 Å². The first kappa shape index (κ1) is 19.8. The van der Waals surface area contributed by atoms with Crippen LogP contribution in [0.1, 0.15) is 78.4 Å². The number of carbonyl (C=O) groups excluding carboxylic acids is 2. The van der Waals surface area contributed by atoms with Crippen LogP contribution in [0.5, 0.6) is 0 Å². The van der Waals surface area contributed by atoms with Crippen molar-refractivity contribution in [1.82, 2.24) is 24.9 Å². The molecule has 160 valence electrons. The van der Waals surface area contributed by atoms with Crippen LogP contribution >= 0.6 is 0 Å². The van der Waals surface area contributed by atoms with E-state index in [1.165, 1.54) is 24.3 Å². The lowest BCUT2D eigenvalue weighted by molar-refractivity contribution is 0.0981. The Balaban J connectivity index is 1.63. The molecule has 8 heteroatoms. The normalized spacial score (nSPS) is 22.7. The van der Waals surface area contributed by atoms with Crippen molar-refractivity contribution < 1.29 is 9.59 Å². The number of ketones is 2. The number of aromatic nitrogens is 4. The summed E-state index contributed by atoms with van der Waals surface area (Å²) in [7, 11) is 0. The average molecular weight is 419 g/mol. The molecule has 8 nitrogen and oxygen atoms in total. The van der Waals surface area contributed by atoms with E-state index in [1.54, 1.807) is 18.5 Å². The molecule has 0 saturated carbocycles. The van der Waals surface area contributed by atoms with Crippen LogP contribution in [0, 0.1) is 0 Å². The minimum atomic E-state index is -0.0890. The Morgan fingerprint density at radius 2 is 1.94 bits per heavy atom. The van der Waals surface area contributed by atoms with Crippen molar-refractivity contribution in [1.29, 1.82) is 0 Å². The molecular weight excluding hydrogens is 392 g/mol. The second kappa shape index (κ2) is 7.53. The zero-order valence-electron chi connectivity index (χ0n) is 17.8. The van der Waals surface area contributed by atoms with Gasteiger partial charge in [0, 0.05) is 41.7 Å². The highest BCUT2D eigenvalue weighted by Crippen LogP contribution is 2.39. The van der Waals surface area contributed by atoms with E-state index in [-0.39, 0.29) is 17.5 Å². The molecular formula is C23H26N6O2. The quantitative estimate of drug-likeness (QED) is 0.612. The van der Waals surface area contributed by atoms with Gasteiger partial charge in [-0.2, -0.15) is 9.61 Å². The molecule has 2 aliphatic rings. The van der Waals surface area contributed by atoms with Gasteiger partial charge >= 0.3 is 0 Å². The van der Waals surface area contributed by atoms with Gasteiger partial charge in [0.05, 0.1) is 17.5 Å². The number of nitrogens with one attached hydrogen (secondary N) is 1. The van der Waals surface area contributed by atoms with Gasteiger partial charge in [-0.15, -0.1) is 0 Å². The third-order valence-electron chi connectivity index (χ3n) is 6.60. The molecule has 2 fully saturated rings. The number of anilines is 1. The van der Waals surface area contributed by atoms with E-state index in [1.807, 2.05) is 13.0 Å². The lowest BCUT2D eigenvalue weighted by Crippen LogP contribution is -2.38. The number of carbonyl (C=O) groups is 2. The van der Waals surface area contributed by atoms with Crippen molar-refractivity contribution in [3.63, 3.8) is 0 Å². The molecule has 3 N–H and O–H groups in total. The van der Waals surface area contributed by atoms with Gasteiger partial charge in [0.25, 0.3) is 0 Å². The number of fused-ring (bicyclic) bond motifs is 3. The van der Waals surface area contributed by atoms with E-state index >= 15 is 0 Å². The maximum absolute atomic E-state index is 12.5. The lowest BCUT2D eigenvalue weighted by Gasteiger charge is -2.30. The van der Waals surface area contributed by atoms with Gasteiger partial charge in [0.15, 0.2) is 17.2 Å². The summed E-state index contributed by atoms with van der Waals surface area (Å²) >= 11 is 0. The number of rotatable bonds is 5. The monoisotopic (exact) mass is 418 g/mol. The van der Waals surface area contributed by atoms with Crippen molar-refractivity contribution in [3.8, 4) is 11.1 Å². The molecule has 31 heavy (non-hydrogen) atoms. The SMILES string of the molecule is CCC(=O)c1ccc(-c2cnn3c(N)c(C(C)=O)c(C4C[C@H]5CC[C@@H](C4)N5)nc23)cn1. The average Bonchev–Trinajstić information content (AvgIpc) is 3.35. The van der Waals surface area contributed by atoms with Crippen LogP contribution in [0.15, 0.2) is 24.5 Å². The molecule has 0 radical (unpaired) electrons. The zero-order chi connectivity index (χ0) is 21.7. The smallest absolute Gasteiger partial charge is 0.180 e. The summed E-state index contributed by atoms with van der Waals surface area (Å²) in [5.41, 5.74) is 10.4. The fourth-order valence-corrected chi connectivity index (χ4v) is 5.07. The Hall–Kier alpha value is -3.13. The van der Waals surface area contributed by atoms with Gasteiger partial charge in [0.2, 0.25) is 0 Å². The number of pyridine rings is 1. The van der Waals surface area contributed by atoms with Crippen molar-refractivity contribution in [3.05, 3.63) is 41.5 Å². The minimum absolute atomic E-state index is 0.00251. The van der Waals surface area contributed by atoms with Crippen LogP contribution in [0.3, 0.4) is 0 Å². The third-order valence-corrected chi connectivity index (χ3v) is 6.60. The Labute approximate surface area is 180 Å². The molecule has 0 amide bonds. The fourth-order valence-electron chi connectivity index (χ4n) is 5.07. The summed E-state index contributed by atoms with van der Waals surface area (Å²) in [6, 6.07) is 4.53. The number of hydrogen-bond donors (Lipinski definition) is 2. The van der Waals surface area contributed by atoms with Gasteiger partial charge in [-0.05, 0) is 38.7 Å². The Bertz CT molecular complexity index is 1170. The molecule has 5 rings (SSSR count). The van der Waals surface area contributed by atoms with Crippen LogP contribution in [-0.2, 0) is 0 Å². The van der Waals surface area contributed by atoms with Crippen molar-refractivity contribution in [2.75, 3.05) is 5.73 Å². The highest BCUT2D eigenvalue weighted by Gasteiger charge is 2.37. The van der Waals surface area contributed by atoms with Crippen LogP contribution in [0.25, 0.3) is 16.8 Å². The molecule has 0 aromatic carbocycles. The standard InChI is InChI=1S/C23H26N6O2/c1-3-19(31)18-7-4-13(10-25-18)17-11-26-29-22(24)20(12(2)30)21(28-23(17)29)14-8-15-5-6-16(9-14)27-15/h4,7,10-11,14-16,27H,3,5-6,8-9,24H2,1-2H3/t14?,15-,16+. The molecule has 0 spiro atoms. The van der Waals surface area contributed by atoms with Crippen molar-refractivity contribution in [2.24, 2.45) is 0 Å². The molecule has 1 unspecified atom stereocenters. The van der Waals surface area contributed by atoms with E-state index in [4.69, 9.17) is 10.7 Å². The Kier molecular flexibility index (Phi) is 4.81. The molecule has 3 aromatic rings. The van der Waals surface area contributed by atoms with E-state index in [2.05, 4.69) is 15.4 Å². The van der Waals surface area contributed by atoms with Gasteiger partial charge in [-0.3, -0.25) is 14.6 Å². The molecule has 5 heterocycles. The number of piperidine rings is 1. The number of nitrogen functional groups attached to an aromatic ring is 1. The number of hydrogen-bond acceptors (Lipinski definition) is 7. The fraction of sp³-hybridized carbons (Fsp3) is 0.435. The first-order valence-electron chi connectivity index (χ1n) is 10.9. The lowest BCUT2D eigenvalue weighted by atomic mass is 9.86. The number of nitrogens with two attached hydrogens (primary N) is 1. The number of Topliss-reactive ketones (excluding diaryl/α,β-unsaturated/α-hetero) is 2. The van der Waals surface area contributed by atoms with Crippen LogP contribution in [0.2, 0.25) is 0 Å². The second-order valence-corrected chi connectivity index (χ2v) is 8.62. The molecule has 0 aliphatic carbocycles. The summed E-state index contributed by atoms with van der Waals surface area (Å²) in [4.78, 5) is 33.7. The van der Waals surface area contributed by atoms with Gasteiger partial charge in [0.1, 0.15) is 11.5 Å². The summed E-state index contributed by atoms with van der Waals surface area (Å²) in [6.07, 6.45) is 8.02. The maximum atomic E-state index is 12.5. The van der Waals surface area contributed by atoms with Crippen LogP contribution in [-0.4, -0.2) is 43.2 Å². The second-order valence-electron chi connectivity index (χ2n) is 8.62. The summed E-state index contributed by atoms with van der Waals surface area (Å²) < 4.78 is 1.54. The molecule has 2 bridgehead atoms. The molecule has 2 aliphatic heterocycles. The van der Waals surface area contributed by atoms with E-state index in [0.29, 0.717) is 41.2 Å². The molecule has 2 saturated heterocycles. The van der Waals surface area contributed by atoms with Crippen molar-refractivity contribution in [2.45, 2.75) is 64.0 Å². The predicted octanol–water partition coefficient (Wildman–Crippen LogP) is 3.17. The van der Waals surface area contributed by atoms with E-state index in [9.17, 15) is 9.59 Å². The Morgan fingerprint density at radius 1 is 1.19 bits per heavy atom. The Morgan fingerprint density at radius 3 is 2.55 bits per heavy atom. The molecule has 3 atom stereocenters. The largest absolute Gasteiger partial charge is 0.383 e. The summed E-state index contributed by atoms with van der Waals surface area (Å²) in [5, 5.41) is 8.05. The van der Waals surface area contributed by atoms with Gasteiger partial charge < -0.3 is 11.1 Å². The van der Waals surface area contributed by atoms with E-state index < -0.39 is 0 Å². The first-order valence-corrected chi connectivity index (χ1v) is 10.9. The van der Waals surface area contributed by atoms with Crippen LogP contribution < -0.4 is 11.1 Å². The minimum Gasteiger partial charge on any atom is -0.383 e. The van der Waals surface area contributed by atoms with Crippen molar-refractivity contribution >= 4 is 23.0 Å². The highest BCUT2D eigenvalue weighted by atomic mass is 16.1. The maximum Gasteiger partial charge on any atom is 0.180 e. The van der Waals surface area contributed by atoms with Crippen LogP contribution in [0.4, 0.5) is 5.82 Å². The summed E-state index contributed by atoms with van der Waals surface area (Å²) in [6.45, 7) is 3.35. The topological polar surface area (TPSA) is 115 Å². The zero-order valence-corrected chi connectivity index (χ0v) is 17.8. The predicted molar refractivity (Wildman–Crippen MR) is 117 cm³/mol. The molecule has 3 aromatic heterocycles. The van der Waals surface area contributed by atoms with Gasteiger partial charge in [-0.1, -0.05) is 13.0 Å². The number of nitrogens with zero attached hydrogens (tertiary/aromatic N) is 4.